The minimum Gasteiger partial charge on any atom is -0.388 e. The van der Waals surface area contributed by atoms with Gasteiger partial charge in [-0.3, -0.25) is 0 Å². The summed E-state index contributed by atoms with van der Waals surface area (Å²) in [4.78, 5) is 13.9. The van der Waals surface area contributed by atoms with Crippen LogP contribution in [-0.4, -0.2) is 19.9 Å². The molecule has 0 atom stereocenters. The molecule has 0 unspecified atom stereocenters. The number of hydrogen-bond donors (Lipinski definition) is 2. The zero-order valence-electron chi connectivity index (χ0n) is 9.17. The maximum absolute atomic E-state index is 5.44. The molecule has 2 aromatic heterocycles. The molecule has 5 nitrogen and oxygen atoms in total. The summed E-state index contributed by atoms with van der Waals surface area (Å²) >= 11 is 6.41. The zero-order valence-corrected chi connectivity index (χ0v) is 10.8. The Kier molecular flexibility index (Phi) is 3.60. The van der Waals surface area contributed by atoms with Crippen LogP contribution in [0.25, 0.3) is 0 Å². The fourth-order valence-corrected chi connectivity index (χ4v) is 2.04. The zero-order chi connectivity index (χ0) is 12.3. The molecule has 0 radical (unpaired) electrons. The van der Waals surface area contributed by atoms with E-state index in [1.54, 1.807) is 23.7 Å². The van der Waals surface area contributed by atoms with Crippen LogP contribution in [0.15, 0.2) is 17.9 Å². The summed E-state index contributed by atoms with van der Waals surface area (Å²) in [6, 6.07) is 0. The van der Waals surface area contributed by atoms with E-state index in [0.717, 1.165) is 5.69 Å². The smallest absolute Gasteiger partial charge is 0.144 e. The van der Waals surface area contributed by atoms with Crippen molar-refractivity contribution >= 4 is 34.4 Å². The van der Waals surface area contributed by atoms with Gasteiger partial charge in [0.05, 0.1) is 30.1 Å². The van der Waals surface area contributed by atoms with E-state index >= 15 is 0 Å². The van der Waals surface area contributed by atoms with Crippen molar-refractivity contribution in [2.24, 2.45) is 5.73 Å². The van der Waals surface area contributed by atoms with E-state index in [2.05, 4.69) is 20.3 Å². The molecule has 2 heterocycles. The fraction of sp³-hybridized carbons (Fsp3) is 0.200. The lowest BCUT2D eigenvalue weighted by atomic mass is 10.4. The minimum atomic E-state index is 0.252. The van der Waals surface area contributed by atoms with Gasteiger partial charge >= 0.3 is 0 Å². The number of thiazole rings is 1. The van der Waals surface area contributed by atoms with Gasteiger partial charge in [0, 0.05) is 4.88 Å². The van der Waals surface area contributed by atoms with Crippen molar-refractivity contribution in [1.29, 1.82) is 0 Å². The molecular weight excluding hydrogens is 254 g/mol. The molecule has 0 saturated carbocycles. The first kappa shape index (κ1) is 11.9. The third kappa shape index (κ3) is 2.95. The molecule has 7 heteroatoms. The van der Waals surface area contributed by atoms with Gasteiger partial charge in [0.15, 0.2) is 0 Å². The molecule has 0 fully saturated rings. The standard InChI is InChI=1S/C10H11N5S2/c1-6-8(17-5-15-6)3-14-9-4-12-7(2-13-9)10(11)16/h2,4-5H,3H2,1H3,(H2,11,16)(H,13,14). The Hall–Kier alpha value is -1.60. The highest BCUT2D eigenvalue weighted by Gasteiger charge is 2.03. The van der Waals surface area contributed by atoms with Crippen LogP contribution in [-0.2, 0) is 6.54 Å². The lowest BCUT2D eigenvalue weighted by Crippen LogP contribution is -2.12. The summed E-state index contributed by atoms with van der Waals surface area (Å²) < 4.78 is 0. The van der Waals surface area contributed by atoms with Crippen LogP contribution in [0.3, 0.4) is 0 Å². The van der Waals surface area contributed by atoms with E-state index in [0.29, 0.717) is 18.1 Å². The highest BCUT2D eigenvalue weighted by Crippen LogP contribution is 2.13. The third-order valence-electron chi connectivity index (χ3n) is 2.18. The average Bonchev–Trinajstić information content (AvgIpc) is 2.73. The molecular formula is C10H11N5S2. The van der Waals surface area contributed by atoms with E-state index < -0.39 is 0 Å². The number of nitrogens with zero attached hydrogens (tertiary/aromatic N) is 3. The summed E-state index contributed by atoms with van der Waals surface area (Å²) in [5.41, 5.74) is 8.83. The van der Waals surface area contributed by atoms with Gasteiger partial charge in [-0.1, -0.05) is 12.2 Å². The molecule has 3 N–H and O–H groups in total. The monoisotopic (exact) mass is 265 g/mol. The number of rotatable bonds is 4. The SMILES string of the molecule is Cc1ncsc1CNc1cnc(C(N)=S)cn1. The molecule has 2 aromatic rings. The molecule has 0 aliphatic heterocycles. The Balaban J connectivity index is 2.00. The number of anilines is 1. The number of thiocarbonyl (C=S) groups is 1. The predicted octanol–water partition coefficient (Wildman–Crippen LogP) is 1.49. The second-order valence-electron chi connectivity index (χ2n) is 3.37. The van der Waals surface area contributed by atoms with Crippen molar-refractivity contribution in [3.05, 3.63) is 34.2 Å². The number of nitrogens with one attached hydrogen (secondary N) is 1. The van der Waals surface area contributed by atoms with E-state index in [4.69, 9.17) is 18.0 Å². The maximum atomic E-state index is 5.44. The van der Waals surface area contributed by atoms with Crippen molar-refractivity contribution < 1.29 is 0 Å². The van der Waals surface area contributed by atoms with Gasteiger partial charge in [-0.2, -0.15) is 0 Å². The van der Waals surface area contributed by atoms with Gasteiger partial charge in [0.25, 0.3) is 0 Å². The Morgan fingerprint density at radius 3 is 2.76 bits per heavy atom. The summed E-state index contributed by atoms with van der Waals surface area (Å²) in [6.07, 6.45) is 3.18. The molecule has 88 valence electrons. The molecule has 0 aliphatic rings. The quantitative estimate of drug-likeness (QED) is 0.816. The Bertz CT molecular complexity index is 520. The highest BCUT2D eigenvalue weighted by atomic mass is 32.1. The van der Waals surface area contributed by atoms with Crippen molar-refractivity contribution in [2.75, 3.05) is 5.32 Å². The summed E-state index contributed by atoms with van der Waals surface area (Å²) in [6.45, 7) is 2.67. The van der Waals surface area contributed by atoms with Crippen LogP contribution in [0.2, 0.25) is 0 Å². The van der Waals surface area contributed by atoms with Crippen LogP contribution >= 0.6 is 23.6 Å². The van der Waals surface area contributed by atoms with E-state index in [1.807, 2.05) is 12.4 Å². The van der Waals surface area contributed by atoms with Crippen LogP contribution in [0.5, 0.6) is 0 Å². The summed E-state index contributed by atoms with van der Waals surface area (Å²) in [5.74, 6) is 0.692. The minimum absolute atomic E-state index is 0.252. The van der Waals surface area contributed by atoms with Crippen molar-refractivity contribution in [2.45, 2.75) is 13.5 Å². The lowest BCUT2D eigenvalue weighted by molar-refractivity contribution is 1.07. The molecule has 0 amide bonds. The molecule has 0 bridgehead atoms. The number of aryl methyl sites for hydroxylation is 1. The molecule has 2 rings (SSSR count). The van der Waals surface area contributed by atoms with Crippen LogP contribution < -0.4 is 11.1 Å². The Morgan fingerprint density at radius 1 is 1.41 bits per heavy atom. The second-order valence-corrected chi connectivity index (χ2v) is 4.74. The van der Waals surface area contributed by atoms with Gasteiger partial charge in [0.1, 0.15) is 16.5 Å². The highest BCUT2D eigenvalue weighted by molar-refractivity contribution is 7.80. The Labute approximate surface area is 108 Å². The first-order valence-electron chi connectivity index (χ1n) is 4.91. The van der Waals surface area contributed by atoms with Crippen LogP contribution in [0, 0.1) is 6.92 Å². The number of aromatic nitrogens is 3. The topological polar surface area (TPSA) is 76.7 Å². The fourth-order valence-electron chi connectivity index (χ4n) is 1.21. The van der Waals surface area contributed by atoms with E-state index in [1.165, 1.54) is 4.88 Å². The number of hydrogen-bond acceptors (Lipinski definition) is 6. The third-order valence-corrected chi connectivity index (χ3v) is 3.32. The van der Waals surface area contributed by atoms with Gasteiger partial charge in [0.2, 0.25) is 0 Å². The van der Waals surface area contributed by atoms with Crippen molar-refractivity contribution in [1.82, 2.24) is 15.0 Å². The first-order valence-corrected chi connectivity index (χ1v) is 6.20. The Morgan fingerprint density at radius 2 is 2.24 bits per heavy atom. The number of nitrogens with two attached hydrogens (primary N) is 1. The van der Waals surface area contributed by atoms with Crippen LogP contribution in [0.4, 0.5) is 5.82 Å². The van der Waals surface area contributed by atoms with Gasteiger partial charge < -0.3 is 11.1 Å². The average molecular weight is 265 g/mol. The van der Waals surface area contributed by atoms with Crippen LogP contribution in [0.1, 0.15) is 16.3 Å². The van der Waals surface area contributed by atoms with Gasteiger partial charge in [-0.05, 0) is 6.92 Å². The second kappa shape index (κ2) is 5.15. The van der Waals surface area contributed by atoms with E-state index in [-0.39, 0.29) is 4.99 Å². The maximum Gasteiger partial charge on any atom is 0.144 e. The van der Waals surface area contributed by atoms with E-state index in [9.17, 15) is 0 Å². The summed E-state index contributed by atoms with van der Waals surface area (Å²) in [5, 5.41) is 3.17. The van der Waals surface area contributed by atoms with Crippen molar-refractivity contribution in [3.63, 3.8) is 0 Å². The molecule has 0 aromatic carbocycles. The predicted molar refractivity (Wildman–Crippen MR) is 72.1 cm³/mol. The summed E-state index contributed by atoms with van der Waals surface area (Å²) in [7, 11) is 0. The van der Waals surface area contributed by atoms with Gasteiger partial charge in [-0.15, -0.1) is 11.3 Å². The molecule has 17 heavy (non-hydrogen) atoms. The van der Waals surface area contributed by atoms with Gasteiger partial charge in [-0.25, -0.2) is 15.0 Å². The molecule has 0 spiro atoms. The molecule has 0 aliphatic carbocycles. The largest absolute Gasteiger partial charge is 0.388 e. The first-order chi connectivity index (χ1) is 8.16. The molecule has 0 saturated heterocycles. The van der Waals surface area contributed by atoms with Crippen molar-refractivity contribution in [3.8, 4) is 0 Å². The lowest BCUT2D eigenvalue weighted by Gasteiger charge is -2.04. The normalized spacial score (nSPS) is 10.2.